The normalized spacial score (nSPS) is 12.4. The highest BCUT2D eigenvalue weighted by Crippen LogP contribution is 2.45. The van der Waals surface area contributed by atoms with E-state index in [0.29, 0.717) is 58.3 Å². The Balaban J connectivity index is 1.66. The van der Waals surface area contributed by atoms with Crippen LogP contribution in [0.3, 0.4) is 0 Å². The summed E-state index contributed by atoms with van der Waals surface area (Å²) >= 11 is 13.4. The van der Waals surface area contributed by atoms with E-state index in [0.717, 1.165) is 22.6 Å². The maximum Gasteiger partial charge on any atom is 0.247 e. The van der Waals surface area contributed by atoms with E-state index in [4.69, 9.17) is 32.7 Å². The molecule has 0 atom stereocenters. The highest BCUT2D eigenvalue weighted by atomic mass is 35.5. The zero-order chi connectivity index (χ0) is 26.5. The Kier molecular flexibility index (Phi) is 8.15. The summed E-state index contributed by atoms with van der Waals surface area (Å²) in [5.41, 5.74) is 3.79. The van der Waals surface area contributed by atoms with Crippen LogP contribution in [-0.4, -0.2) is 55.2 Å². The molecule has 0 bridgehead atoms. The van der Waals surface area contributed by atoms with Crippen LogP contribution in [0.1, 0.15) is 16.8 Å². The van der Waals surface area contributed by atoms with Gasteiger partial charge in [0, 0.05) is 55.6 Å². The first-order valence-electron chi connectivity index (χ1n) is 11.4. The van der Waals surface area contributed by atoms with Gasteiger partial charge in [-0.15, -0.1) is 0 Å². The number of aromatic nitrogens is 3. The van der Waals surface area contributed by atoms with Gasteiger partial charge in [-0.3, -0.25) is 9.78 Å². The Morgan fingerprint density at radius 1 is 1.16 bits per heavy atom. The lowest BCUT2D eigenvalue weighted by Gasteiger charge is -2.31. The number of carbonyl (C=O) groups excluding carboxylic acids is 1. The van der Waals surface area contributed by atoms with Crippen LogP contribution in [0.4, 0.5) is 17.5 Å². The number of methoxy groups -OCH3 is 2. The van der Waals surface area contributed by atoms with Crippen molar-refractivity contribution in [3.63, 3.8) is 0 Å². The lowest BCUT2D eigenvalue weighted by atomic mass is 9.98. The van der Waals surface area contributed by atoms with Gasteiger partial charge in [-0.25, -0.2) is 4.98 Å². The topological polar surface area (TPSA) is 102 Å². The lowest BCUT2D eigenvalue weighted by Crippen LogP contribution is -2.32. The Morgan fingerprint density at radius 2 is 1.89 bits per heavy atom. The van der Waals surface area contributed by atoms with Crippen LogP contribution in [-0.2, 0) is 11.2 Å². The highest BCUT2D eigenvalue weighted by molar-refractivity contribution is 6.39. The van der Waals surface area contributed by atoms with Gasteiger partial charge < -0.3 is 25.0 Å². The molecule has 2 aromatic heterocycles. The van der Waals surface area contributed by atoms with Gasteiger partial charge >= 0.3 is 0 Å². The third-order valence-corrected chi connectivity index (χ3v) is 6.57. The van der Waals surface area contributed by atoms with Crippen molar-refractivity contribution in [2.75, 3.05) is 49.9 Å². The first-order chi connectivity index (χ1) is 17.9. The number of benzene rings is 1. The van der Waals surface area contributed by atoms with Gasteiger partial charge in [-0.1, -0.05) is 29.8 Å². The average molecular weight is 541 g/mol. The van der Waals surface area contributed by atoms with Crippen LogP contribution in [0.5, 0.6) is 11.5 Å². The molecule has 1 aromatic carbocycles. The summed E-state index contributed by atoms with van der Waals surface area (Å²) in [6.45, 7) is 4.54. The SMILES string of the molecule is C=CC(=O)Nc1ccc(CCN2CC(c3c(Cl)c(OC)cc(OC)c3Cl)=Cc3cnc(NC)nc32)nc1. The molecule has 9 nitrogen and oxygen atoms in total. The molecule has 1 aliphatic heterocycles. The fraction of sp³-hybridized carbons (Fsp3) is 0.231. The minimum Gasteiger partial charge on any atom is -0.495 e. The first-order valence-corrected chi connectivity index (χ1v) is 12.1. The van der Waals surface area contributed by atoms with Gasteiger partial charge in [0.2, 0.25) is 11.9 Å². The molecule has 0 radical (unpaired) electrons. The number of fused-ring (bicyclic) bond motifs is 1. The molecular formula is C26H26Cl2N6O3. The predicted octanol–water partition coefficient (Wildman–Crippen LogP) is 4.97. The number of anilines is 3. The van der Waals surface area contributed by atoms with E-state index in [9.17, 15) is 4.79 Å². The van der Waals surface area contributed by atoms with Crippen LogP contribution >= 0.6 is 23.2 Å². The Hall–Kier alpha value is -3.82. The van der Waals surface area contributed by atoms with E-state index in [-0.39, 0.29) is 5.91 Å². The quantitative estimate of drug-likeness (QED) is 0.367. The Labute approximate surface area is 225 Å². The molecule has 0 unspecified atom stereocenters. The van der Waals surface area contributed by atoms with Gasteiger partial charge in [-0.05, 0) is 29.9 Å². The predicted molar refractivity (Wildman–Crippen MR) is 148 cm³/mol. The molecule has 192 valence electrons. The minimum atomic E-state index is -0.287. The highest BCUT2D eigenvalue weighted by Gasteiger charge is 2.27. The fourth-order valence-corrected chi connectivity index (χ4v) is 4.71. The average Bonchev–Trinajstić information content (AvgIpc) is 2.92. The van der Waals surface area contributed by atoms with Gasteiger partial charge in [0.25, 0.3) is 0 Å². The third kappa shape index (κ3) is 5.63. The van der Waals surface area contributed by atoms with Crippen molar-refractivity contribution in [1.29, 1.82) is 0 Å². The van der Waals surface area contributed by atoms with Crippen LogP contribution < -0.4 is 25.0 Å². The molecule has 0 fully saturated rings. The molecule has 0 spiro atoms. The van der Waals surface area contributed by atoms with E-state index in [2.05, 4.69) is 37.1 Å². The first kappa shape index (κ1) is 26.2. The molecule has 0 aliphatic carbocycles. The van der Waals surface area contributed by atoms with Crippen molar-refractivity contribution in [2.24, 2.45) is 0 Å². The number of carbonyl (C=O) groups is 1. The summed E-state index contributed by atoms with van der Waals surface area (Å²) in [7, 11) is 4.86. The number of hydrogen-bond acceptors (Lipinski definition) is 8. The van der Waals surface area contributed by atoms with Crippen LogP contribution in [0, 0.1) is 0 Å². The molecule has 2 N–H and O–H groups in total. The number of ether oxygens (including phenoxy) is 2. The summed E-state index contributed by atoms with van der Waals surface area (Å²) in [5, 5.41) is 6.48. The van der Waals surface area contributed by atoms with Crippen molar-refractivity contribution >= 4 is 58.2 Å². The van der Waals surface area contributed by atoms with E-state index in [1.807, 2.05) is 18.2 Å². The molecule has 1 aliphatic rings. The molecule has 37 heavy (non-hydrogen) atoms. The largest absolute Gasteiger partial charge is 0.495 e. The summed E-state index contributed by atoms with van der Waals surface area (Å²) in [4.78, 5) is 27.2. The van der Waals surface area contributed by atoms with Crippen LogP contribution in [0.25, 0.3) is 11.6 Å². The molecule has 1 amide bonds. The lowest BCUT2D eigenvalue weighted by molar-refractivity contribution is -0.111. The monoisotopic (exact) mass is 540 g/mol. The Morgan fingerprint density at radius 3 is 2.49 bits per heavy atom. The van der Waals surface area contributed by atoms with Gasteiger partial charge in [0.1, 0.15) is 17.3 Å². The molecule has 3 aromatic rings. The molecule has 11 heteroatoms. The second kappa shape index (κ2) is 11.5. The number of nitrogens with one attached hydrogen (secondary N) is 2. The van der Waals surface area contributed by atoms with Crippen LogP contribution in [0.2, 0.25) is 10.0 Å². The summed E-state index contributed by atoms with van der Waals surface area (Å²) in [6.07, 6.45) is 7.20. The summed E-state index contributed by atoms with van der Waals surface area (Å²) in [5.74, 6) is 1.93. The summed E-state index contributed by atoms with van der Waals surface area (Å²) in [6, 6.07) is 5.35. The van der Waals surface area contributed by atoms with Crippen molar-refractivity contribution in [2.45, 2.75) is 6.42 Å². The standard InChI is InChI=1S/C26H26Cl2N6O3/c1-5-21(35)32-18-7-6-17(30-13-18)8-9-34-14-16(10-15-12-31-26(29-2)33-25(15)34)22-23(27)19(36-3)11-20(37-4)24(22)28/h5-7,10-13H,1,8-9,14H2,2-4H3,(H,32,35)(H,29,31,33). The maximum atomic E-state index is 11.5. The van der Waals surface area contributed by atoms with E-state index in [1.165, 1.54) is 6.08 Å². The molecular weight excluding hydrogens is 515 g/mol. The number of nitrogens with zero attached hydrogens (tertiary/aromatic N) is 4. The van der Waals surface area contributed by atoms with E-state index >= 15 is 0 Å². The molecule has 0 saturated carbocycles. The molecule has 4 rings (SSSR count). The van der Waals surface area contributed by atoms with Crippen molar-refractivity contribution in [3.8, 4) is 11.5 Å². The minimum absolute atomic E-state index is 0.287. The summed E-state index contributed by atoms with van der Waals surface area (Å²) < 4.78 is 10.9. The number of halogens is 2. The van der Waals surface area contributed by atoms with E-state index < -0.39 is 0 Å². The zero-order valence-electron chi connectivity index (χ0n) is 20.6. The number of rotatable bonds is 9. The van der Waals surface area contributed by atoms with Gasteiger partial charge in [0.05, 0.1) is 36.1 Å². The number of amides is 1. The Bertz CT molecular complexity index is 1330. The van der Waals surface area contributed by atoms with Crippen molar-refractivity contribution in [1.82, 2.24) is 15.0 Å². The maximum absolute atomic E-state index is 11.5. The number of pyridine rings is 1. The van der Waals surface area contributed by atoms with Gasteiger partial charge in [-0.2, -0.15) is 4.98 Å². The second-order valence-electron chi connectivity index (χ2n) is 8.08. The number of hydrogen-bond donors (Lipinski definition) is 2. The van der Waals surface area contributed by atoms with E-state index in [1.54, 1.807) is 39.7 Å². The van der Waals surface area contributed by atoms with Crippen molar-refractivity contribution < 1.29 is 14.3 Å². The zero-order valence-corrected chi connectivity index (χ0v) is 22.2. The fourth-order valence-electron chi connectivity index (χ4n) is 3.96. The van der Waals surface area contributed by atoms with Crippen LogP contribution in [0.15, 0.2) is 43.2 Å². The second-order valence-corrected chi connectivity index (χ2v) is 8.84. The smallest absolute Gasteiger partial charge is 0.247 e. The van der Waals surface area contributed by atoms with Gasteiger partial charge in [0.15, 0.2) is 0 Å². The van der Waals surface area contributed by atoms with Crippen molar-refractivity contribution in [3.05, 3.63) is 70.1 Å². The molecule has 3 heterocycles. The third-order valence-electron chi connectivity index (χ3n) is 5.82. The molecule has 0 saturated heterocycles.